The van der Waals surface area contributed by atoms with E-state index in [9.17, 15) is 17.6 Å². The number of halogens is 1. The van der Waals surface area contributed by atoms with Crippen LogP contribution in [0.1, 0.15) is 62.0 Å². The molecule has 0 aliphatic carbocycles. The number of benzene rings is 1. The number of hydrogen-bond acceptors (Lipinski definition) is 7. The third-order valence-electron chi connectivity index (χ3n) is 7.16. The van der Waals surface area contributed by atoms with Gasteiger partial charge < -0.3 is 10.1 Å². The van der Waals surface area contributed by atoms with Crippen LogP contribution in [0.3, 0.4) is 0 Å². The summed E-state index contributed by atoms with van der Waals surface area (Å²) in [4.78, 5) is 22.2. The molecule has 3 heterocycles. The fourth-order valence-electron chi connectivity index (χ4n) is 5.03. The molecule has 2 aromatic heterocycles. The van der Waals surface area contributed by atoms with Gasteiger partial charge in [0.05, 0.1) is 34.1 Å². The molecule has 1 aliphatic rings. The van der Waals surface area contributed by atoms with Crippen LogP contribution in [0.5, 0.6) is 0 Å². The standard InChI is InChI=1S/C25H32FN4O4PS/c1-15(26)17-7-5-8-18(21(17)35)16(2)29-22-19-13-20(24(31)30(3)23(19)28-14-27-22)25(34-4)9-6-11-36(32,33)12-10-25/h5,7-8,13-16H,6,9-12,35H2,1-4H3,(H,27,28,29)/t15?,16-,25?/m1/s1. The van der Waals surface area contributed by atoms with Crippen LogP contribution in [0.2, 0.25) is 0 Å². The number of sulfone groups is 1. The quantitative estimate of drug-likeness (QED) is 0.483. The summed E-state index contributed by atoms with van der Waals surface area (Å²) < 4.78 is 46.0. The predicted octanol–water partition coefficient (Wildman–Crippen LogP) is 3.47. The second-order valence-corrected chi connectivity index (χ2v) is 12.3. The van der Waals surface area contributed by atoms with Crippen molar-refractivity contribution in [2.24, 2.45) is 7.05 Å². The van der Waals surface area contributed by atoms with Crippen molar-refractivity contribution in [3.05, 3.63) is 57.6 Å². The Morgan fingerprint density at radius 1 is 1.19 bits per heavy atom. The van der Waals surface area contributed by atoms with Crippen LogP contribution in [0.25, 0.3) is 11.0 Å². The maximum absolute atomic E-state index is 14.1. The number of aryl methyl sites for hydroxylation is 1. The molecule has 194 valence electrons. The maximum atomic E-state index is 14.1. The largest absolute Gasteiger partial charge is 0.373 e. The molecule has 11 heteroatoms. The van der Waals surface area contributed by atoms with Crippen molar-refractivity contribution in [2.75, 3.05) is 23.9 Å². The van der Waals surface area contributed by atoms with Gasteiger partial charge in [-0.15, -0.1) is 9.24 Å². The van der Waals surface area contributed by atoms with E-state index in [0.717, 1.165) is 10.9 Å². The van der Waals surface area contributed by atoms with Gasteiger partial charge in [0.15, 0.2) is 0 Å². The summed E-state index contributed by atoms with van der Waals surface area (Å²) in [6.45, 7) is 3.47. The molecule has 36 heavy (non-hydrogen) atoms. The Hall–Kier alpha value is -2.42. The van der Waals surface area contributed by atoms with E-state index in [-0.39, 0.29) is 29.5 Å². The first-order valence-electron chi connectivity index (χ1n) is 11.9. The summed E-state index contributed by atoms with van der Waals surface area (Å²) in [7, 11) is 2.59. The number of fused-ring (bicyclic) bond motifs is 1. The number of nitrogens with one attached hydrogen (secondary N) is 1. The first-order valence-corrected chi connectivity index (χ1v) is 14.3. The van der Waals surface area contributed by atoms with Gasteiger partial charge in [0, 0.05) is 14.2 Å². The SMILES string of the molecule is COC1(c2cc3c(N[C@H](C)c4cccc(C(C)F)c4P)ncnc3n(C)c2=O)CCCS(=O)(=O)CC1. The molecule has 0 saturated carbocycles. The van der Waals surface area contributed by atoms with Gasteiger partial charge in [-0.1, -0.05) is 18.2 Å². The molecule has 1 saturated heterocycles. The number of anilines is 1. The Morgan fingerprint density at radius 2 is 1.92 bits per heavy atom. The minimum atomic E-state index is -3.20. The number of aromatic nitrogens is 3. The average Bonchev–Trinajstić information content (AvgIpc) is 2.99. The van der Waals surface area contributed by atoms with Gasteiger partial charge in [-0.3, -0.25) is 9.36 Å². The predicted molar refractivity (Wildman–Crippen MR) is 143 cm³/mol. The second kappa shape index (κ2) is 10.1. The second-order valence-electron chi connectivity index (χ2n) is 9.42. The highest BCUT2D eigenvalue weighted by atomic mass is 32.2. The van der Waals surface area contributed by atoms with E-state index >= 15 is 0 Å². The first kappa shape index (κ1) is 26.6. The van der Waals surface area contributed by atoms with Crippen molar-refractivity contribution >= 4 is 41.2 Å². The average molecular weight is 535 g/mol. The fraction of sp³-hybridized carbons (Fsp3) is 0.480. The smallest absolute Gasteiger partial charge is 0.258 e. The molecule has 0 amide bonds. The van der Waals surface area contributed by atoms with E-state index in [0.29, 0.717) is 40.8 Å². The van der Waals surface area contributed by atoms with Gasteiger partial charge >= 0.3 is 0 Å². The first-order chi connectivity index (χ1) is 17.0. The molecular formula is C25H32FN4O4PS. The molecule has 1 fully saturated rings. The molecule has 0 radical (unpaired) electrons. The van der Waals surface area contributed by atoms with Crippen LogP contribution >= 0.6 is 9.24 Å². The Bertz CT molecular complexity index is 1460. The highest BCUT2D eigenvalue weighted by Gasteiger charge is 2.39. The zero-order chi connectivity index (χ0) is 26.3. The Balaban J connectivity index is 1.82. The molecule has 0 spiro atoms. The molecule has 1 aliphatic heterocycles. The molecule has 0 bridgehead atoms. The minimum absolute atomic E-state index is 0.0459. The molecule has 4 atom stereocenters. The van der Waals surface area contributed by atoms with Crippen LogP contribution in [0.4, 0.5) is 10.2 Å². The van der Waals surface area contributed by atoms with Crippen LogP contribution in [0.15, 0.2) is 35.4 Å². The summed E-state index contributed by atoms with van der Waals surface area (Å²) in [5.41, 5.74) is 1.04. The van der Waals surface area contributed by atoms with Crippen molar-refractivity contribution in [3.8, 4) is 0 Å². The molecule has 8 nitrogen and oxygen atoms in total. The van der Waals surface area contributed by atoms with Crippen molar-refractivity contribution in [2.45, 2.75) is 50.9 Å². The van der Waals surface area contributed by atoms with Gasteiger partial charge in [-0.2, -0.15) is 0 Å². The third kappa shape index (κ3) is 4.91. The van der Waals surface area contributed by atoms with Gasteiger partial charge in [0.25, 0.3) is 5.56 Å². The van der Waals surface area contributed by atoms with E-state index in [4.69, 9.17) is 4.74 Å². The molecule has 3 aromatic rings. The number of methoxy groups -OCH3 is 1. The molecular weight excluding hydrogens is 502 g/mol. The number of nitrogens with zero attached hydrogens (tertiary/aromatic N) is 3. The fourth-order valence-corrected chi connectivity index (χ4v) is 7.13. The van der Waals surface area contributed by atoms with Crippen molar-refractivity contribution < 1.29 is 17.5 Å². The van der Waals surface area contributed by atoms with E-state index in [1.165, 1.54) is 24.9 Å². The summed E-state index contributed by atoms with van der Waals surface area (Å²) in [6.07, 6.45) is 1.31. The van der Waals surface area contributed by atoms with E-state index < -0.39 is 21.6 Å². The lowest BCUT2D eigenvalue weighted by atomic mass is 9.86. The Labute approximate surface area is 212 Å². The highest BCUT2D eigenvalue weighted by molar-refractivity contribution is 7.91. The molecule has 1 aromatic carbocycles. The topological polar surface area (TPSA) is 103 Å². The Kier molecular flexibility index (Phi) is 7.51. The van der Waals surface area contributed by atoms with Gasteiger partial charge in [0.1, 0.15) is 33.8 Å². The monoisotopic (exact) mass is 534 g/mol. The molecule has 1 N–H and O–H groups in total. The maximum Gasteiger partial charge on any atom is 0.258 e. The van der Waals surface area contributed by atoms with Crippen LogP contribution in [-0.4, -0.2) is 41.6 Å². The Morgan fingerprint density at radius 3 is 2.61 bits per heavy atom. The number of ether oxygens (including phenoxy) is 1. The zero-order valence-electron chi connectivity index (χ0n) is 20.9. The van der Waals surface area contributed by atoms with Crippen LogP contribution in [-0.2, 0) is 27.2 Å². The number of hydrogen-bond donors (Lipinski definition) is 1. The summed E-state index contributed by atoms with van der Waals surface area (Å²) >= 11 is 0. The van der Waals surface area contributed by atoms with Gasteiger partial charge in [-0.25, -0.2) is 22.8 Å². The van der Waals surface area contributed by atoms with Crippen molar-refractivity contribution in [1.82, 2.24) is 14.5 Å². The van der Waals surface area contributed by atoms with Crippen molar-refractivity contribution in [3.63, 3.8) is 0 Å². The normalized spacial score (nSPS) is 21.6. The van der Waals surface area contributed by atoms with E-state index in [1.54, 1.807) is 19.2 Å². The van der Waals surface area contributed by atoms with Crippen molar-refractivity contribution in [1.29, 1.82) is 0 Å². The van der Waals surface area contributed by atoms with Crippen LogP contribution < -0.4 is 16.2 Å². The number of pyridine rings is 1. The lowest BCUT2D eigenvalue weighted by molar-refractivity contribution is -0.0253. The van der Waals surface area contributed by atoms with Crippen LogP contribution in [0, 0.1) is 0 Å². The van der Waals surface area contributed by atoms with E-state index in [1.807, 2.05) is 19.1 Å². The minimum Gasteiger partial charge on any atom is -0.373 e. The van der Waals surface area contributed by atoms with Gasteiger partial charge in [0.2, 0.25) is 0 Å². The molecule has 4 rings (SSSR count). The summed E-state index contributed by atoms with van der Waals surface area (Å²) in [5.74, 6) is 0.545. The number of rotatable bonds is 6. The lowest BCUT2D eigenvalue weighted by Crippen LogP contribution is -2.37. The third-order valence-corrected chi connectivity index (χ3v) is 9.56. The number of alkyl halides is 1. The van der Waals surface area contributed by atoms with E-state index in [2.05, 4.69) is 24.5 Å². The summed E-state index contributed by atoms with van der Waals surface area (Å²) in [5, 5.41) is 4.81. The lowest BCUT2D eigenvalue weighted by Gasteiger charge is -2.31. The highest BCUT2D eigenvalue weighted by Crippen LogP contribution is 2.37. The zero-order valence-corrected chi connectivity index (χ0v) is 22.9. The molecule has 3 unspecified atom stereocenters. The van der Waals surface area contributed by atoms with Gasteiger partial charge in [-0.05, 0) is 55.6 Å². The summed E-state index contributed by atoms with van der Waals surface area (Å²) in [6, 6.07) is 7.03.